The number of rotatable bonds is 6. The zero-order valence-electron chi connectivity index (χ0n) is 14.0. The Morgan fingerprint density at radius 3 is 2.52 bits per heavy atom. The largest absolute Gasteiger partial charge is 0.467 e. The maximum Gasteiger partial charge on any atom is 0.328 e. The van der Waals surface area contributed by atoms with E-state index in [0.29, 0.717) is 18.7 Å². The number of thioether (sulfide) groups is 1. The predicted molar refractivity (Wildman–Crippen MR) is 86.7 cm³/mol. The first-order valence-corrected chi connectivity index (χ1v) is 8.58. The van der Waals surface area contributed by atoms with Gasteiger partial charge in [-0.3, -0.25) is 14.4 Å². The van der Waals surface area contributed by atoms with Crippen LogP contribution in [0.2, 0.25) is 0 Å². The second-order valence-electron chi connectivity index (χ2n) is 5.65. The third-order valence-corrected chi connectivity index (χ3v) is 4.78. The van der Waals surface area contributed by atoms with Gasteiger partial charge in [-0.15, -0.1) is 0 Å². The number of hydrogen-bond donors (Lipinski definition) is 1. The molecule has 1 aliphatic rings. The van der Waals surface area contributed by atoms with Crippen molar-refractivity contribution in [2.24, 2.45) is 5.92 Å². The lowest BCUT2D eigenvalue weighted by Gasteiger charge is -2.27. The van der Waals surface area contributed by atoms with E-state index >= 15 is 0 Å². The first kappa shape index (κ1) is 19.5. The number of hydrogen-bond acceptors (Lipinski definition) is 6. The number of nitrogens with zero attached hydrogens (tertiary/aromatic N) is 1. The highest BCUT2D eigenvalue weighted by Gasteiger charge is 2.36. The lowest BCUT2D eigenvalue weighted by Crippen LogP contribution is -2.51. The molecular formula is C15H24N2O5S. The van der Waals surface area contributed by atoms with Crippen LogP contribution in [0.4, 0.5) is 0 Å². The van der Waals surface area contributed by atoms with Crippen molar-refractivity contribution in [2.45, 2.75) is 45.7 Å². The molecule has 0 aromatic carbocycles. The van der Waals surface area contributed by atoms with Crippen LogP contribution < -0.4 is 5.32 Å². The molecule has 1 N–H and O–H groups in total. The fraction of sp³-hybridized carbons (Fsp3) is 0.733. The average Bonchev–Trinajstić information content (AvgIpc) is 3.00. The van der Waals surface area contributed by atoms with E-state index in [1.165, 1.54) is 21.0 Å². The lowest BCUT2D eigenvalue weighted by molar-refractivity contribution is -0.146. The normalized spacial score (nSPS) is 19.8. The van der Waals surface area contributed by atoms with Gasteiger partial charge in [-0.25, -0.2) is 4.79 Å². The number of amides is 2. The van der Waals surface area contributed by atoms with Gasteiger partial charge in [-0.1, -0.05) is 18.7 Å². The summed E-state index contributed by atoms with van der Waals surface area (Å²) in [6.07, 6.45) is 1.31. The van der Waals surface area contributed by atoms with Gasteiger partial charge in [0.1, 0.15) is 12.1 Å². The maximum absolute atomic E-state index is 12.5. The zero-order valence-corrected chi connectivity index (χ0v) is 14.8. The highest BCUT2D eigenvalue weighted by molar-refractivity contribution is 8.13. The van der Waals surface area contributed by atoms with Gasteiger partial charge < -0.3 is 15.0 Å². The van der Waals surface area contributed by atoms with E-state index in [4.69, 9.17) is 0 Å². The van der Waals surface area contributed by atoms with Crippen LogP contribution in [0, 0.1) is 5.92 Å². The average molecular weight is 344 g/mol. The number of likely N-dealkylation sites (tertiary alicyclic amines) is 1. The van der Waals surface area contributed by atoms with Crippen LogP contribution in [0.5, 0.6) is 0 Å². The topological polar surface area (TPSA) is 92.8 Å². The number of carbonyl (C=O) groups is 4. The zero-order chi connectivity index (χ0) is 17.6. The number of carbonyl (C=O) groups excluding carboxylic acids is 4. The summed E-state index contributed by atoms with van der Waals surface area (Å²) in [7, 11) is 1.25. The van der Waals surface area contributed by atoms with Crippen LogP contribution in [-0.4, -0.2) is 59.3 Å². The quantitative estimate of drug-likeness (QED) is 0.708. The summed E-state index contributed by atoms with van der Waals surface area (Å²) in [5.74, 6) is -0.949. The molecule has 1 fully saturated rings. The van der Waals surface area contributed by atoms with Crippen molar-refractivity contribution in [1.82, 2.24) is 10.2 Å². The van der Waals surface area contributed by atoms with Gasteiger partial charge in [0.15, 0.2) is 5.12 Å². The highest BCUT2D eigenvalue weighted by Crippen LogP contribution is 2.22. The third-order valence-electron chi connectivity index (χ3n) is 3.71. The minimum Gasteiger partial charge on any atom is -0.467 e. The first-order valence-electron chi connectivity index (χ1n) is 7.60. The van der Waals surface area contributed by atoms with E-state index in [2.05, 4.69) is 10.1 Å². The molecule has 130 valence electrons. The van der Waals surface area contributed by atoms with E-state index in [9.17, 15) is 19.2 Å². The Kier molecular flexibility index (Phi) is 7.54. The SMILES string of the molecule is COC(=O)[C@@H](C)NC(=O)[C@@H]1CCCN1C(=O)[C@H](C)CSC(C)=O. The summed E-state index contributed by atoms with van der Waals surface area (Å²) in [5, 5.41) is 2.54. The van der Waals surface area contributed by atoms with E-state index in [0.717, 1.165) is 18.2 Å². The van der Waals surface area contributed by atoms with Crippen molar-refractivity contribution in [1.29, 1.82) is 0 Å². The molecule has 3 atom stereocenters. The molecule has 0 aromatic heterocycles. The molecule has 0 bridgehead atoms. The van der Waals surface area contributed by atoms with Crippen LogP contribution in [0.3, 0.4) is 0 Å². The van der Waals surface area contributed by atoms with Crippen LogP contribution in [-0.2, 0) is 23.9 Å². The fourth-order valence-electron chi connectivity index (χ4n) is 2.45. The van der Waals surface area contributed by atoms with Gasteiger partial charge in [0, 0.05) is 25.1 Å². The summed E-state index contributed by atoms with van der Waals surface area (Å²) < 4.78 is 4.57. The molecular weight excluding hydrogens is 320 g/mol. The van der Waals surface area contributed by atoms with Gasteiger partial charge in [0.05, 0.1) is 7.11 Å². The van der Waals surface area contributed by atoms with Crippen molar-refractivity contribution in [3.8, 4) is 0 Å². The molecule has 1 aliphatic heterocycles. The van der Waals surface area contributed by atoms with Gasteiger partial charge in [-0.05, 0) is 19.8 Å². The van der Waals surface area contributed by atoms with Gasteiger partial charge >= 0.3 is 5.97 Å². The Hall–Kier alpha value is -1.57. The Bertz CT molecular complexity index is 482. The summed E-state index contributed by atoms with van der Waals surface area (Å²) in [4.78, 5) is 48.7. The molecule has 0 unspecified atom stereocenters. The number of ether oxygens (including phenoxy) is 1. The molecule has 23 heavy (non-hydrogen) atoms. The Balaban J connectivity index is 2.65. The predicted octanol–water partition coefficient (Wildman–Crippen LogP) is 0.571. The molecule has 1 heterocycles. The molecule has 0 aromatic rings. The number of methoxy groups -OCH3 is 1. The van der Waals surface area contributed by atoms with Crippen molar-refractivity contribution >= 4 is 34.7 Å². The van der Waals surface area contributed by atoms with Crippen LogP contribution in [0.15, 0.2) is 0 Å². The smallest absolute Gasteiger partial charge is 0.328 e. The summed E-state index contributed by atoms with van der Waals surface area (Å²) in [6, 6.07) is -1.32. The Labute approximate surface area is 140 Å². The molecule has 0 spiro atoms. The monoisotopic (exact) mass is 344 g/mol. The van der Waals surface area contributed by atoms with Crippen molar-refractivity contribution in [3.63, 3.8) is 0 Å². The van der Waals surface area contributed by atoms with Crippen molar-refractivity contribution in [3.05, 3.63) is 0 Å². The third kappa shape index (κ3) is 5.53. The highest BCUT2D eigenvalue weighted by atomic mass is 32.2. The molecule has 1 saturated heterocycles. The fourth-order valence-corrected chi connectivity index (χ4v) is 3.07. The van der Waals surface area contributed by atoms with Gasteiger partial charge in [0.2, 0.25) is 11.8 Å². The van der Waals surface area contributed by atoms with E-state index in [1.54, 1.807) is 11.8 Å². The summed E-state index contributed by atoms with van der Waals surface area (Å²) in [5.41, 5.74) is 0. The molecule has 8 heteroatoms. The molecule has 0 radical (unpaired) electrons. The Morgan fingerprint density at radius 2 is 1.96 bits per heavy atom. The summed E-state index contributed by atoms with van der Waals surface area (Å²) >= 11 is 1.11. The molecule has 0 saturated carbocycles. The van der Waals surface area contributed by atoms with Crippen LogP contribution >= 0.6 is 11.8 Å². The standard InChI is InChI=1S/C15H24N2O5S/c1-9(8-23-11(3)18)14(20)17-7-5-6-12(17)13(19)16-10(2)15(21)22-4/h9-10,12H,5-8H2,1-4H3,(H,16,19)/t9-,10-,12+/m1/s1. The Morgan fingerprint density at radius 1 is 1.30 bits per heavy atom. The van der Waals surface area contributed by atoms with E-state index < -0.39 is 18.1 Å². The second-order valence-corrected chi connectivity index (χ2v) is 6.84. The first-order chi connectivity index (χ1) is 10.8. The van der Waals surface area contributed by atoms with Crippen LogP contribution in [0.25, 0.3) is 0 Å². The molecule has 0 aliphatic carbocycles. The van der Waals surface area contributed by atoms with Gasteiger partial charge in [-0.2, -0.15) is 0 Å². The number of nitrogens with one attached hydrogen (secondary N) is 1. The van der Waals surface area contributed by atoms with E-state index in [-0.39, 0.29) is 22.8 Å². The van der Waals surface area contributed by atoms with Crippen molar-refractivity contribution in [2.75, 3.05) is 19.4 Å². The summed E-state index contributed by atoms with van der Waals surface area (Å²) in [6.45, 7) is 5.26. The van der Waals surface area contributed by atoms with Gasteiger partial charge in [0.25, 0.3) is 0 Å². The van der Waals surface area contributed by atoms with Crippen molar-refractivity contribution < 1.29 is 23.9 Å². The second kappa shape index (κ2) is 8.90. The number of esters is 1. The maximum atomic E-state index is 12.5. The molecule has 2 amide bonds. The van der Waals surface area contributed by atoms with Crippen LogP contribution in [0.1, 0.15) is 33.6 Å². The minimum atomic E-state index is -0.754. The lowest BCUT2D eigenvalue weighted by atomic mass is 10.1. The minimum absolute atomic E-state index is 0.0349. The molecule has 7 nitrogen and oxygen atoms in total. The molecule has 1 rings (SSSR count). The van der Waals surface area contributed by atoms with E-state index in [1.807, 2.05) is 0 Å².